The molecule has 18 heavy (non-hydrogen) atoms. The van der Waals surface area contributed by atoms with Gasteiger partial charge in [0.05, 0.1) is 17.4 Å². The molecule has 0 unspecified atom stereocenters. The molecule has 4 nitrogen and oxygen atoms in total. The maximum Gasteiger partial charge on any atom is 0.257 e. The number of carbonyl (C=O) groups is 1. The molecule has 0 saturated heterocycles. The van der Waals surface area contributed by atoms with Crippen LogP contribution in [-0.2, 0) is 0 Å². The summed E-state index contributed by atoms with van der Waals surface area (Å²) in [6, 6.07) is 10.9. The van der Waals surface area contributed by atoms with E-state index in [9.17, 15) is 4.79 Å². The maximum atomic E-state index is 12.1. The normalized spacial score (nSPS) is 9.89. The second-order valence-corrected chi connectivity index (χ2v) is 4.43. The molecule has 0 aliphatic carbocycles. The number of rotatable bonds is 3. The Morgan fingerprint density at radius 3 is 2.67 bits per heavy atom. The Hall–Kier alpha value is -1.88. The fraction of sp³-hybridized carbons (Fsp3) is 0.0769. The average molecular weight is 306 g/mol. The van der Waals surface area contributed by atoms with E-state index in [1.165, 1.54) is 0 Å². The SMILES string of the molecule is CNc1ccccc1C(=O)Nc1ccc(Br)nc1. The summed E-state index contributed by atoms with van der Waals surface area (Å²) in [5, 5.41) is 5.79. The molecule has 0 aliphatic heterocycles. The number of hydrogen-bond acceptors (Lipinski definition) is 3. The van der Waals surface area contributed by atoms with E-state index in [-0.39, 0.29) is 5.91 Å². The Labute approximate surface area is 114 Å². The van der Waals surface area contributed by atoms with Crippen LogP contribution in [0.3, 0.4) is 0 Å². The van der Waals surface area contributed by atoms with Crippen LogP contribution in [0.15, 0.2) is 47.2 Å². The first kappa shape index (κ1) is 12.6. The van der Waals surface area contributed by atoms with E-state index >= 15 is 0 Å². The van der Waals surface area contributed by atoms with E-state index in [2.05, 4.69) is 31.5 Å². The van der Waals surface area contributed by atoms with Gasteiger partial charge in [0.25, 0.3) is 5.91 Å². The van der Waals surface area contributed by atoms with Gasteiger partial charge >= 0.3 is 0 Å². The minimum absolute atomic E-state index is 0.163. The molecule has 5 heteroatoms. The molecule has 0 radical (unpaired) electrons. The highest BCUT2D eigenvalue weighted by Gasteiger charge is 2.10. The molecule has 92 valence electrons. The molecule has 0 spiro atoms. The molecule has 0 bridgehead atoms. The number of carbonyl (C=O) groups excluding carboxylic acids is 1. The highest BCUT2D eigenvalue weighted by atomic mass is 79.9. The number of halogens is 1. The standard InChI is InChI=1S/C13H12BrN3O/c1-15-11-5-3-2-4-10(11)13(18)17-9-6-7-12(14)16-8-9/h2-8,15H,1H3,(H,17,18). The van der Waals surface area contributed by atoms with Crippen molar-refractivity contribution in [1.29, 1.82) is 0 Å². The van der Waals surface area contributed by atoms with Crippen LogP contribution in [0.25, 0.3) is 0 Å². The smallest absolute Gasteiger partial charge is 0.257 e. The van der Waals surface area contributed by atoms with E-state index in [0.717, 1.165) is 10.3 Å². The largest absolute Gasteiger partial charge is 0.387 e. The van der Waals surface area contributed by atoms with E-state index in [0.29, 0.717) is 11.3 Å². The van der Waals surface area contributed by atoms with E-state index in [1.807, 2.05) is 18.2 Å². The van der Waals surface area contributed by atoms with Crippen LogP contribution in [0.5, 0.6) is 0 Å². The number of para-hydroxylation sites is 1. The van der Waals surface area contributed by atoms with Crippen molar-refractivity contribution in [1.82, 2.24) is 4.98 Å². The zero-order valence-electron chi connectivity index (χ0n) is 9.77. The van der Waals surface area contributed by atoms with E-state index < -0.39 is 0 Å². The molecular weight excluding hydrogens is 294 g/mol. The molecule has 0 saturated carbocycles. The van der Waals surface area contributed by atoms with Crippen molar-refractivity contribution in [2.45, 2.75) is 0 Å². The fourth-order valence-corrected chi connectivity index (χ4v) is 1.78. The van der Waals surface area contributed by atoms with E-state index in [1.54, 1.807) is 31.4 Å². The quantitative estimate of drug-likeness (QED) is 0.857. The summed E-state index contributed by atoms with van der Waals surface area (Å²) in [4.78, 5) is 16.1. The summed E-state index contributed by atoms with van der Waals surface area (Å²) in [5.41, 5.74) is 2.05. The van der Waals surface area contributed by atoms with Gasteiger partial charge in [0.2, 0.25) is 0 Å². The van der Waals surface area contributed by atoms with Crippen molar-refractivity contribution < 1.29 is 4.79 Å². The molecule has 1 aromatic carbocycles. The predicted octanol–water partition coefficient (Wildman–Crippen LogP) is 3.14. The summed E-state index contributed by atoms with van der Waals surface area (Å²) < 4.78 is 0.733. The molecule has 0 aliphatic rings. The van der Waals surface area contributed by atoms with Crippen LogP contribution in [-0.4, -0.2) is 17.9 Å². The van der Waals surface area contributed by atoms with Crippen molar-refractivity contribution in [3.8, 4) is 0 Å². The molecule has 1 amide bonds. The number of aromatic nitrogens is 1. The number of amides is 1. The molecule has 0 atom stereocenters. The summed E-state index contributed by atoms with van der Waals surface area (Å²) in [7, 11) is 1.79. The van der Waals surface area contributed by atoms with E-state index in [4.69, 9.17) is 0 Å². The lowest BCUT2D eigenvalue weighted by molar-refractivity contribution is 0.102. The number of nitrogens with one attached hydrogen (secondary N) is 2. The van der Waals surface area contributed by atoms with Gasteiger partial charge in [-0.3, -0.25) is 4.79 Å². The van der Waals surface area contributed by atoms with Crippen LogP contribution in [0.2, 0.25) is 0 Å². The molecule has 1 heterocycles. The number of anilines is 2. The zero-order valence-corrected chi connectivity index (χ0v) is 11.4. The Morgan fingerprint density at radius 1 is 1.22 bits per heavy atom. The number of nitrogens with zero attached hydrogens (tertiary/aromatic N) is 1. The Bertz CT molecular complexity index is 554. The van der Waals surface area contributed by atoms with Crippen molar-refractivity contribution in [3.63, 3.8) is 0 Å². The molecule has 0 fully saturated rings. The van der Waals surface area contributed by atoms with Crippen LogP contribution in [0, 0.1) is 0 Å². The first-order valence-corrected chi connectivity index (χ1v) is 6.19. The number of benzene rings is 1. The lowest BCUT2D eigenvalue weighted by atomic mass is 10.1. The predicted molar refractivity (Wildman–Crippen MR) is 75.9 cm³/mol. The number of hydrogen-bond donors (Lipinski definition) is 2. The Kier molecular flexibility index (Phi) is 3.94. The monoisotopic (exact) mass is 305 g/mol. The van der Waals surface area contributed by atoms with Gasteiger partial charge in [-0.1, -0.05) is 12.1 Å². The molecule has 2 aromatic rings. The van der Waals surface area contributed by atoms with Gasteiger partial charge in [-0.15, -0.1) is 0 Å². The first-order chi connectivity index (χ1) is 8.70. The second kappa shape index (κ2) is 5.64. The third kappa shape index (κ3) is 2.87. The third-order valence-electron chi connectivity index (χ3n) is 2.43. The average Bonchev–Trinajstić information content (AvgIpc) is 2.41. The molecule has 2 rings (SSSR count). The highest BCUT2D eigenvalue weighted by Crippen LogP contribution is 2.17. The van der Waals surface area contributed by atoms with Gasteiger partial charge in [0.15, 0.2) is 0 Å². The lowest BCUT2D eigenvalue weighted by Crippen LogP contribution is -2.13. The summed E-state index contributed by atoms with van der Waals surface area (Å²) in [6.45, 7) is 0. The topological polar surface area (TPSA) is 54.0 Å². The minimum Gasteiger partial charge on any atom is -0.387 e. The van der Waals surface area contributed by atoms with Gasteiger partial charge in [0, 0.05) is 12.7 Å². The molecule has 2 N–H and O–H groups in total. The van der Waals surface area contributed by atoms with Crippen molar-refractivity contribution in [2.75, 3.05) is 17.7 Å². The van der Waals surface area contributed by atoms with Gasteiger partial charge in [0.1, 0.15) is 4.60 Å². The fourth-order valence-electron chi connectivity index (χ4n) is 1.55. The molecular formula is C13H12BrN3O. The van der Waals surface area contributed by atoms with Gasteiger partial charge < -0.3 is 10.6 Å². The van der Waals surface area contributed by atoms with Crippen molar-refractivity contribution in [3.05, 3.63) is 52.8 Å². The van der Waals surface area contributed by atoms with Crippen LogP contribution in [0.1, 0.15) is 10.4 Å². The van der Waals surface area contributed by atoms with Crippen LogP contribution >= 0.6 is 15.9 Å². The van der Waals surface area contributed by atoms with Crippen molar-refractivity contribution in [2.24, 2.45) is 0 Å². The minimum atomic E-state index is -0.163. The summed E-state index contributed by atoms with van der Waals surface area (Å²) >= 11 is 3.25. The van der Waals surface area contributed by atoms with Gasteiger partial charge in [-0.25, -0.2) is 4.98 Å². The van der Waals surface area contributed by atoms with Crippen LogP contribution < -0.4 is 10.6 Å². The maximum absolute atomic E-state index is 12.1. The van der Waals surface area contributed by atoms with Gasteiger partial charge in [-0.2, -0.15) is 0 Å². The number of pyridine rings is 1. The van der Waals surface area contributed by atoms with Crippen molar-refractivity contribution >= 4 is 33.2 Å². The Morgan fingerprint density at radius 2 is 2.00 bits per heavy atom. The third-order valence-corrected chi connectivity index (χ3v) is 2.90. The lowest BCUT2D eigenvalue weighted by Gasteiger charge is -2.09. The highest BCUT2D eigenvalue weighted by molar-refractivity contribution is 9.10. The molecule has 1 aromatic heterocycles. The van der Waals surface area contributed by atoms with Crippen LogP contribution in [0.4, 0.5) is 11.4 Å². The van der Waals surface area contributed by atoms with Gasteiger partial charge in [-0.05, 0) is 40.2 Å². The summed E-state index contributed by atoms with van der Waals surface area (Å²) in [6.07, 6.45) is 1.60. The second-order valence-electron chi connectivity index (χ2n) is 3.62. The zero-order chi connectivity index (χ0) is 13.0. The Balaban J connectivity index is 2.19. The first-order valence-electron chi connectivity index (χ1n) is 5.40. The summed E-state index contributed by atoms with van der Waals surface area (Å²) in [5.74, 6) is -0.163.